The van der Waals surface area contributed by atoms with Crippen LogP contribution in [-0.4, -0.2) is 110 Å². The van der Waals surface area contributed by atoms with Gasteiger partial charge < -0.3 is 19.8 Å². The van der Waals surface area contributed by atoms with Crippen LogP contribution < -0.4 is 10.5 Å². The van der Waals surface area contributed by atoms with Gasteiger partial charge in [0.2, 0.25) is 0 Å². The third kappa shape index (κ3) is 4.54. The summed E-state index contributed by atoms with van der Waals surface area (Å²) in [6.07, 6.45) is 6.43. The minimum atomic E-state index is -1.07. The predicted octanol–water partition coefficient (Wildman–Crippen LogP) is 1.38. The number of piperazine rings is 1. The molecule has 5 heterocycles. The quantitative estimate of drug-likeness (QED) is 0.554. The molecule has 2 aromatic heterocycles. The maximum absolute atomic E-state index is 13.3. The molecule has 1 atom stereocenters. The fourth-order valence-corrected chi connectivity index (χ4v) is 6.15. The SMILES string of the molecule is CN(C)C(=O)N1CCC(O)(Cn2cnc3c(cnn3-c3ccc(N4CCN5CCC[C@@H]5C4)cc3)c2=O)CC1. The molecule has 0 spiro atoms. The van der Waals surface area contributed by atoms with E-state index in [4.69, 9.17) is 0 Å². The van der Waals surface area contributed by atoms with Gasteiger partial charge in [0.05, 0.1) is 24.0 Å². The zero-order chi connectivity index (χ0) is 26.4. The molecule has 1 N–H and O–H groups in total. The van der Waals surface area contributed by atoms with Crippen LogP contribution in [0.25, 0.3) is 16.7 Å². The fourth-order valence-electron chi connectivity index (χ4n) is 6.15. The Morgan fingerprint density at radius 2 is 1.82 bits per heavy atom. The third-order valence-electron chi connectivity index (χ3n) is 8.41. The molecule has 38 heavy (non-hydrogen) atoms. The van der Waals surface area contributed by atoms with Crippen LogP contribution >= 0.6 is 0 Å². The normalized spacial score (nSPS) is 21.6. The van der Waals surface area contributed by atoms with E-state index < -0.39 is 5.60 Å². The lowest BCUT2D eigenvalue weighted by Gasteiger charge is -2.39. The molecule has 11 heteroatoms. The van der Waals surface area contributed by atoms with Gasteiger partial charge in [-0.1, -0.05) is 0 Å². The highest BCUT2D eigenvalue weighted by atomic mass is 16.3. The molecule has 0 radical (unpaired) electrons. The van der Waals surface area contributed by atoms with E-state index in [0.29, 0.717) is 43.0 Å². The molecule has 0 bridgehead atoms. The van der Waals surface area contributed by atoms with Crippen LogP contribution in [0.1, 0.15) is 25.7 Å². The number of hydrogen-bond donors (Lipinski definition) is 1. The Morgan fingerprint density at radius 3 is 2.55 bits per heavy atom. The monoisotopic (exact) mass is 520 g/mol. The number of aliphatic hydroxyl groups is 1. The maximum atomic E-state index is 13.3. The lowest BCUT2D eigenvalue weighted by molar-refractivity contribution is -0.0282. The molecule has 3 aromatic rings. The van der Waals surface area contributed by atoms with E-state index in [1.807, 2.05) is 12.1 Å². The third-order valence-corrected chi connectivity index (χ3v) is 8.41. The number of carbonyl (C=O) groups is 1. The molecule has 11 nitrogen and oxygen atoms in total. The van der Waals surface area contributed by atoms with E-state index in [2.05, 4.69) is 32.0 Å². The number of carbonyl (C=O) groups excluding carboxylic acids is 1. The van der Waals surface area contributed by atoms with Gasteiger partial charge in [-0.25, -0.2) is 14.5 Å². The van der Waals surface area contributed by atoms with E-state index in [-0.39, 0.29) is 18.1 Å². The average Bonchev–Trinajstić information content (AvgIpc) is 3.57. The molecule has 0 aliphatic carbocycles. The molecule has 3 aliphatic heterocycles. The number of anilines is 1. The highest BCUT2D eigenvalue weighted by Gasteiger charge is 2.35. The number of likely N-dealkylation sites (tertiary alicyclic amines) is 1. The lowest BCUT2D eigenvalue weighted by atomic mass is 9.91. The van der Waals surface area contributed by atoms with Gasteiger partial charge in [0, 0.05) is 58.5 Å². The molecular formula is C27H36N8O3. The summed E-state index contributed by atoms with van der Waals surface area (Å²) in [5.74, 6) is 0. The van der Waals surface area contributed by atoms with E-state index in [0.717, 1.165) is 25.3 Å². The van der Waals surface area contributed by atoms with Crippen LogP contribution in [0, 0.1) is 0 Å². The van der Waals surface area contributed by atoms with Gasteiger partial charge in [-0.05, 0) is 56.5 Å². The van der Waals surface area contributed by atoms with E-state index in [1.54, 1.807) is 29.9 Å². The second kappa shape index (κ2) is 9.70. The van der Waals surface area contributed by atoms with Gasteiger partial charge in [0.25, 0.3) is 5.56 Å². The van der Waals surface area contributed by atoms with Crippen molar-refractivity contribution in [1.82, 2.24) is 34.0 Å². The van der Waals surface area contributed by atoms with Crippen molar-refractivity contribution in [3.63, 3.8) is 0 Å². The first-order valence-electron chi connectivity index (χ1n) is 13.5. The van der Waals surface area contributed by atoms with Crippen LogP contribution in [0.3, 0.4) is 0 Å². The second-order valence-corrected chi connectivity index (χ2v) is 11.2. The molecule has 3 aliphatic rings. The van der Waals surface area contributed by atoms with Crippen molar-refractivity contribution < 1.29 is 9.90 Å². The topological polar surface area (TPSA) is 103 Å². The van der Waals surface area contributed by atoms with E-state index in [1.165, 1.54) is 40.9 Å². The van der Waals surface area contributed by atoms with Crippen molar-refractivity contribution >= 4 is 22.8 Å². The molecule has 1 aromatic carbocycles. The Bertz CT molecular complexity index is 1370. The number of hydrogen-bond acceptors (Lipinski definition) is 7. The summed E-state index contributed by atoms with van der Waals surface area (Å²) >= 11 is 0. The molecule has 0 saturated carbocycles. The van der Waals surface area contributed by atoms with Crippen molar-refractivity contribution in [1.29, 1.82) is 0 Å². The minimum absolute atomic E-state index is 0.0656. The van der Waals surface area contributed by atoms with Gasteiger partial charge >= 0.3 is 6.03 Å². The zero-order valence-corrected chi connectivity index (χ0v) is 22.2. The average molecular weight is 521 g/mol. The highest BCUT2D eigenvalue weighted by molar-refractivity contribution is 5.75. The van der Waals surface area contributed by atoms with E-state index >= 15 is 0 Å². The summed E-state index contributed by atoms with van der Waals surface area (Å²) < 4.78 is 3.16. The molecule has 6 rings (SSSR count). The smallest absolute Gasteiger partial charge is 0.319 e. The molecule has 2 amide bonds. The van der Waals surface area contributed by atoms with Crippen LogP contribution in [0.5, 0.6) is 0 Å². The van der Waals surface area contributed by atoms with Crippen LogP contribution in [-0.2, 0) is 6.54 Å². The number of urea groups is 1. The Balaban J connectivity index is 1.17. The summed E-state index contributed by atoms with van der Waals surface area (Å²) in [6, 6.07) is 8.90. The number of amides is 2. The lowest BCUT2D eigenvalue weighted by Crippen LogP contribution is -2.51. The van der Waals surface area contributed by atoms with Gasteiger partial charge in [-0.15, -0.1) is 0 Å². The zero-order valence-electron chi connectivity index (χ0n) is 22.2. The van der Waals surface area contributed by atoms with Gasteiger partial charge in [-0.3, -0.25) is 14.3 Å². The van der Waals surface area contributed by atoms with Crippen molar-refractivity contribution in [3.05, 3.63) is 47.1 Å². The summed E-state index contributed by atoms with van der Waals surface area (Å²) in [5.41, 5.74) is 1.26. The van der Waals surface area contributed by atoms with Crippen molar-refractivity contribution in [3.8, 4) is 5.69 Å². The van der Waals surface area contributed by atoms with Crippen molar-refractivity contribution in [2.24, 2.45) is 0 Å². The van der Waals surface area contributed by atoms with Gasteiger partial charge in [0.15, 0.2) is 5.65 Å². The number of fused-ring (bicyclic) bond motifs is 2. The minimum Gasteiger partial charge on any atom is -0.388 e. The Hall–Kier alpha value is -3.44. The predicted molar refractivity (Wildman–Crippen MR) is 145 cm³/mol. The summed E-state index contributed by atoms with van der Waals surface area (Å²) in [4.78, 5) is 38.4. The molecule has 3 fully saturated rings. The first-order valence-corrected chi connectivity index (χ1v) is 13.5. The van der Waals surface area contributed by atoms with Gasteiger partial charge in [0.1, 0.15) is 11.7 Å². The second-order valence-electron chi connectivity index (χ2n) is 11.2. The van der Waals surface area contributed by atoms with Gasteiger partial charge in [-0.2, -0.15) is 5.10 Å². The molecule has 202 valence electrons. The number of benzene rings is 1. The number of nitrogens with zero attached hydrogens (tertiary/aromatic N) is 8. The molecular weight excluding hydrogens is 484 g/mol. The van der Waals surface area contributed by atoms with Crippen molar-refractivity contribution in [2.45, 2.75) is 43.9 Å². The Labute approximate surface area is 221 Å². The maximum Gasteiger partial charge on any atom is 0.319 e. The highest BCUT2D eigenvalue weighted by Crippen LogP contribution is 2.27. The standard InChI is InChI=1S/C27H36N8O3/c1-30(2)26(37)32-12-9-27(38,10-13-32)18-34-19-28-24-23(25(34)36)16-29-35(24)21-7-5-20(6-8-21)33-15-14-31-11-3-4-22(31)17-33/h5-8,16,19,22,38H,3-4,9-15,17-18H2,1-2H3/t22-/m1/s1. The number of aromatic nitrogens is 4. The Kier molecular flexibility index (Phi) is 6.35. The number of piperidine rings is 1. The Morgan fingerprint density at radius 1 is 1.08 bits per heavy atom. The van der Waals surface area contributed by atoms with Crippen LogP contribution in [0.2, 0.25) is 0 Å². The summed E-state index contributed by atoms with van der Waals surface area (Å²) in [5, 5.41) is 16.0. The van der Waals surface area contributed by atoms with E-state index in [9.17, 15) is 14.7 Å². The van der Waals surface area contributed by atoms with Crippen LogP contribution in [0.4, 0.5) is 10.5 Å². The first kappa shape index (κ1) is 24.9. The first-order chi connectivity index (χ1) is 18.3. The molecule has 0 unspecified atom stereocenters. The molecule has 3 saturated heterocycles. The number of rotatable bonds is 4. The van der Waals surface area contributed by atoms with Crippen molar-refractivity contribution in [2.75, 3.05) is 58.3 Å². The van der Waals surface area contributed by atoms with Crippen LogP contribution in [0.15, 0.2) is 41.6 Å². The summed E-state index contributed by atoms with van der Waals surface area (Å²) in [7, 11) is 3.44. The largest absolute Gasteiger partial charge is 0.388 e. The summed E-state index contributed by atoms with van der Waals surface area (Å²) in [6.45, 7) is 5.49. The fraction of sp³-hybridized carbons (Fsp3) is 0.556.